The zero-order valence-corrected chi connectivity index (χ0v) is 5.77. The van der Waals surface area contributed by atoms with E-state index in [1.54, 1.807) is 0 Å². The van der Waals surface area contributed by atoms with E-state index in [2.05, 4.69) is 0 Å². The largest absolute Gasteiger partial charge is 2.00 e. The van der Waals surface area contributed by atoms with E-state index in [0.29, 0.717) is 0 Å². The lowest BCUT2D eigenvalue weighted by atomic mass is 10.9. The molecule has 0 saturated carbocycles. The highest BCUT2D eigenvalue weighted by Crippen LogP contribution is 1.31. The van der Waals surface area contributed by atoms with Gasteiger partial charge in [0.2, 0.25) is 0 Å². The molecule has 0 saturated heterocycles. The minimum absolute atomic E-state index is 0. The molecule has 0 aromatic carbocycles. The van der Waals surface area contributed by atoms with Crippen LogP contribution in [0, 0.1) is 12.4 Å². The summed E-state index contributed by atoms with van der Waals surface area (Å²) in [6.45, 7) is 1.94. The van der Waals surface area contributed by atoms with Crippen molar-refractivity contribution in [3.8, 4) is 0 Å². The van der Waals surface area contributed by atoms with Crippen LogP contribution in [0.5, 0.6) is 0 Å². The molecule has 0 aliphatic carbocycles. The zero-order valence-electron chi connectivity index (χ0n) is 5.01. The van der Waals surface area contributed by atoms with Crippen molar-refractivity contribution < 1.29 is 32.2 Å². The van der Waals surface area contributed by atoms with Crippen molar-refractivity contribution in [2.75, 3.05) is 0 Å². The summed E-state index contributed by atoms with van der Waals surface area (Å²) >= 11 is 0. The summed E-state index contributed by atoms with van der Waals surface area (Å²) in [5, 5.41) is 17.8. The first kappa shape index (κ1) is 15.7. The lowest BCUT2D eigenvalue weighted by molar-refractivity contribution is -0.303. The molecule has 0 N–H and O–H groups in total. The fraction of sp³-hybridized carbons (Fsp3) is 0.500. The van der Waals surface area contributed by atoms with Crippen LogP contribution in [-0.2, 0) is 9.59 Å². The molecular formula is C4H6ClO4. The van der Waals surface area contributed by atoms with Gasteiger partial charge in [-0.15, -0.1) is 0 Å². The summed E-state index contributed by atoms with van der Waals surface area (Å²) in [6.07, 6.45) is 0. The number of rotatable bonds is 0. The molecule has 53 valence electrons. The molecular weight excluding hydrogens is 147 g/mol. The second-order valence-electron chi connectivity index (χ2n) is 0.983. The van der Waals surface area contributed by atoms with Gasteiger partial charge in [0.1, 0.15) is 0 Å². The third kappa shape index (κ3) is 334. The molecule has 0 aliphatic heterocycles. The molecule has 0 bridgehead atoms. The van der Waals surface area contributed by atoms with Crippen molar-refractivity contribution in [1.82, 2.24) is 0 Å². The first-order chi connectivity index (χ1) is 3.46. The maximum Gasteiger partial charge on any atom is 2.00 e. The lowest BCUT2D eigenvalue weighted by Gasteiger charge is -1.77. The van der Waals surface area contributed by atoms with Gasteiger partial charge in [-0.1, -0.05) is 0 Å². The maximum atomic E-state index is 8.89. The molecule has 0 rings (SSSR count). The van der Waals surface area contributed by atoms with Gasteiger partial charge in [0.15, 0.2) is 0 Å². The van der Waals surface area contributed by atoms with Crippen molar-refractivity contribution in [2.45, 2.75) is 13.8 Å². The Morgan fingerprint density at radius 3 is 1.00 bits per heavy atom. The van der Waals surface area contributed by atoms with Gasteiger partial charge < -0.3 is 19.8 Å². The normalized spacial score (nSPS) is 5.56. The SMILES string of the molecule is CC(=O)[O-].CC(=O)[O-].[Cl+2]. The highest BCUT2D eigenvalue weighted by atomic mass is 35.5. The molecule has 0 atom stereocenters. The van der Waals surface area contributed by atoms with Crippen LogP contribution in [-0.4, -0.2) is 11.9 Å². The molecule has 0 heterocycles. The van der Waals surface area contributed by atoms with Crippen LogP contribution in [0.4, 0.5) is 0 Å². The molecule has 0 amide bonds. The van der Waals surface area contributed by atoms with Crippen molar-refractivity contribution in [3.05, 3.63) is 0 Å². The molecule has 0 fully saturated rings. The third-order valence-electron chi connectivity index (χ3n) is 0. The number of carbonyl (C=O) groups is 2. The van der Waals surface area contributed by atoms with Gasteiger partial charge in [-0.3, -0.25) is 0 Å². The van der Waals surface area contributed by atoms with Gasteiger partial charge in [0.05, 0.1) is 0 Å². The Kier molecular flexibility index (Phi) is 17.9. The highest BCUT2D eigenvalue weighted by Gasteiger charge is 2.00. The van der Waals surface area contributed by atoms with E-state index in [1.807, 2.05) is 0 Å². The van der Waals surface area contributed by atoms with Crippen LogP contribution in [0.2, 0.25) is 0 Å². The molecule has 3 radical (unpaired) electrons. The molecule has 0 unspecified atom stereocenters. The van der Waals surface area contributed by atoms with E-state index in [9.17, 15) is 0 Å². The second kappa shape index (κ2) is 10.3. The zero-order chi connectivity index (χ0) is 7.15. The molecule has 0 aromatic heterocycles. The predicted molar refractivity (Wildman–Crippen MR) is 21.4 cm³/mol. The number of carbonyl (C=O) groups excluding carboxylic acids is 2. The van der Waals surface area contributed by atoms with Gasteiger partial charge in [-0.2, -0.15) is 0 Å². The Bertz CT molecular complexity index is 70.6. The molecule has 0 aromatic rings. The Morgan fingerprint density at radius 2 is 1.00 bits per heavy atom. The third-order valence-corrected chi connectivity index (χ3v) is 0. The summed E-state index contributed by atoms with van der Waals surface area (Å²) < 4.78 is 0. The van der Waals surface area contributed by atoms with Crippen molar-refractivity contribution >= 4 is 11.9 Å². The molecule has 5 heteroatoms. The van der Waals surface area contributed by atoms with Crippen molar-refractivity contribution in [1.29, 1.82) is 0 Å². The van der Waals surface area contributed by atoms with Crippen LogP contribution in [0.25, 0.3) is 0 Å². The number of hydrogen-bond acceptors (Lipinski definition) is 4. The van der Waals surface area contributed by atoms with E-state index < -0.39 is 11.9 Å². The molecule has 9 heavy (non-hydrogen) atoms. The first-order valence-electron chi connectivity index (χ1n) is 1.82. The summed E-state index contributed by atoms with van der Waals surface area (Å²) in [5.41, 5.74) is 0. The Labute approximate surface area is 58.9 Å². The fourth-order valence-corrected chi connectivity index (χ4v) is 0. The van der Waals surface area contributed by atoms with Crippen LogP contribution < -0.4 is 10.2 Å². The van der Waals surface area contributed by atoms with Gasteiger partial charge in [-0.25, -0.2) is 0 Å². The lowest BCUT2D eigenvalue weighted by Crippen LogP contribution is -2.16. The van der Waals surface area contributed by atoms with E-state index in [1.165, 1.54) is 0 Å². The fourth-order valence-electron chi connectivity index (χ4n) is 0. The summed E-state index contributed by atoms with van der Waals surface area (Å²) in [7, 11) is 0. The summed E-state index contributed by atoms with van der Waals surface area (Å²) in [5.74, 6) is -2.17. The van der Waals surface area contributed by atoms with Gasteiger partial charge in [0.25, 0.3) is 0 Å². The van der Waals surface area contributed by atoms with E-state index in [4.69, 9.17) is 19.8 Å². The van der Waals surface area contributed by atoms with Gasteiger partial charge in [0, 0.05) is 11.9 Å². The van der Waals surface area contributed by atoms with E-state index >= 15 is 0 Å². The number of halogens is 1. The van der Waals surface area contributed by atoms with Gasteiger partial charge in [-0.05, 0) is 13.8 Å². The Hall–Kier alpha value is -0.770. The Morgan fingerprint density at radius 1 is 1.00 bits per heavy atom. The minimum Gasteiger partial charge on any atom is -0.550 e. The molecule has 0 aliphatic rings. The topological polar surface area (TPSA) is 80.3 Å². The number of aliphatic carboxylic acids is 2. The quantitative estimate of drug-likeness (QED) is 0.386. The van der Waals surface area contributed by atoms with Gasteiger partial charge >= 0.3 is 12.4 Å². The number of carboxylic acids is 2. The van der Waals surface area contributed by atoms with Crippen LogP contribution in [0.1, 0.15) is 13.8 Å². The molecule has 4 nitrogen and oxygen atoms in total. The average molecular weight is 154 g/mol. The summed E-state index contributed by atoms with van der Waals surface area (Å²) in [4.78, 5) is 17.8. The monoisotopic (exact) mass is 153 g/mol. The van der Waals surface area contributed by atoms with Crippen LogP contribution in [0.3, 0.4) is 0 Å². The van der Waals surface area contributed by atoms with E-state index in [0.717, 1.165) is 13.8 Å². The predicted octanol–water partition coefficient (Wildman–Crippen LogP) is -2.49. The summed E-state index contributed by atoms with van der Waals surface area (Å²) in [6, 6.07) is 0. The highest BCUT2D eigenvalue weighted by molar-refractivity contribution is 5.60. The first-order valence-corrected chi connectivity index (χ1v) is 1.82. The smallest absolute Gasteiger partial charge is 0.550 e. The molecule has 0 spiro atoms. The van der Waals surface area contributed by atoms with Crippen molar-refractivity contribution in [2.24, 2.45) is 0 Å². The second-order valence-corrected chi connectivity index (χ2v) is 0.983. The Balaban J connectivity index is -0.0000000720. The number of hydrogen-bond donors (Lipinski definition) is 0. The van der Waals surface area contributed by atoms with Crippen LogP contribution >= 0.6 is 0 Å². The average Bonchev–Trinajstić information content (AvgIpc) is 1.25. The maximum absolute atomic E-state index is 8.89. The number of carboxylic acid groups (broad SMARTS) is 2. The van der Waals surface area contributed by atoms with E-state index in [-0.39, 0.29) is 12.4 Å². The minimum atomic E-state index is -1.08. The standard InChI is InChI=1S/2C2H4O2.Cl/c2*1-2(3)4;/h2*1H3,(H,3,4);/q;;+2/p-2. The van der Waals surface area contributed by atoms with Crippen molar-refractivity contribution in [3.63, 3.8) is 0 Å². The van der Waals surface area contributed by atoms with Crippen LogP contribution in [0.15, 0.2) is 0 Å².